The summed E-state index contributed by atoms with van der Waals surface area (Å²) in [5.41, 5.74) is 5.49. The molecule has 0 spiro atoms. The van der Waals surface area contributed by atoms with Crippen molar-refractivity contribution in [2.75, 3.05) is 20.3 Å². The minimum absolute atomic E-state index is 0.334. The van der Waals surface area contributed by atoms with Crippen LogP contribution in [-0.4, -0.2) is 28.7 Å². The third-order valence-electron chi connectivity index (χ3n) is 2.23. The van der Waals surface area contributed by atoms with Gasteiger partial charge in [0.1, 0.15) is 0 Å². The average molecular weight is 278 g/mol. The number of nitrogens with two attached hydrogens (primary N) is 1. The van der Waals surface area contributed by atoms with Gasteiger partial charge in [0.2, 0.25) is 10.0 Å². The fourth-order valence-electron chi connectivity index (χ4n) is 1.39. The van der Waals surface area contributed by atoms with Gasteiger partial charge in [-0.15, -0.1) is 11.3 Å². The molecule has 0 aliphatic carbocycles. The minimum atomic E-state index is -3.41. The normalized spacial score (nSPS) is 11.9. The molecule has 0 aliphatic rings. The fraction of sp³-hybridized carbons (Fsp3) is 0.600. The van der Waals surface area contributed by atoms with E-state index < -0.39 is 10.0 Å². The maximum Gasteiger partial charge on any atom is 0.241 e. The second-order valence-electron chi connectivity index (χ2n) is 3.58. The Morgan fingerprint density at radius 3 is 2.76 bits per heavy atom. The summed E-state index contributed by atoms with van der Waals surface area (Å²) in [6.07, 6.45) is 0.655. The fourth-order valence-corrected chi connectivity index (χ4v) is 3.98. The monoisotopic (exact) mass is 278 g/mol. The molecular weight excluding hydrogens is 260 g/mol. The molecule has 98 valence electrons. The van der Waals surface area contributed by atoms with Crippen molar-refractivity contribution in [1.82, 2.24) is 4.72 Å². The maximum atomic E-state index is 12.0. The van der Waals surface area contributed by atoms with E-state index in [2.05, 4.69) is 4.72 Å². The van der Waals surface area contributed by atoms with Gasteiger partial charge in [0.25, 0.3) is 0 Å². The van der Waals surface area contributed by atoms with E-state index in [1.165, 1.54) is 11.3 Å². The predicted molar refractivity (Wildman–Crippen MR) is 68.6 cm³/mol. The van der Waals surface area contributed by atoms with Gasteiger partial charge >= 0.3 is 0 Å². The number of sulfonamides is 1. The van der Waals surface area contributed by atoms with Crippen LogP contribution in [0, 0.1) is 6.92 Å². The van der Waals surface area contributed by atoms with Gasteiger partial charge in [0.15, 0.2) is 0 Å². The molecular formula is C10H18N2O3S2. The summed E-state index contributed by atoms with van der Waals surface area (Å²) in [5.74, 6) is 0. The number of hydrogen-bond acceptors (Lipinski definition) is 5. The lowest BCUT2D eigenvalue weighted by atomic mass is 10.4. The summed E-state index contributed by atoms with van der Waals surface area (Å²) in [6.45, 7) is 3.07. The molecule has 0 aliphatic heterocycles. The zero-order valence-electron chi connectivity index (χ0n) is 10.0. The smallest absolute Gasteiger partial charge is 0.241 e. The van der Waals surface area contributed by atoms with E-state index >= 15 is 0 Å². The Morgan fingerprint density at radius 1 is 1.53 bits per heavy atom. The second kappa shape index (κ2) is 6.46. The number of methoxy groups -OCH3 is 1. The molecule has 1 aromatic rings. The van der Waals surface area contributed by atoms with E-state index in [9.17, 15) is 8.42 Å². The van der Waals surface area contributed by atoms with E-state index in [4.69, 9.17) is 10.5 Å². The van der Waals surface area contributed by atoms with Crippen LogP contribution in [0.3, 0.4) is 0 Å². The third kappa shape index (κ3) is 4.04. The average Bonchev–Trinajstić information content (AvgIpc) is 2.67. The molecule has 0 atom stereocenters. The molecule has 0 bridgehead atoms. The lowest BCUT2D eigenvalue weighted by molar-refractivity contribution is 0.196. The van der Waals surface area contributed by atoms with Crippen molar-refractivity contribution in [2.45, 2.75) is 24.8 Å². The van der Waals surface area contributed by atoms with Crippen LogP contribution in [0.15, 0.2) is 11.0 Å². The van der Waals surface area contributed by atoms with E-state index in [-0.39, 0.29) is 0 Å². The summed E-state index contributed by atoms with van der Waals surface area (Å²) in [4.78, 5) is 1.98. The highest BCUT2D eigenvalue weighted by molar-refractivity contribution is 7.89. The molecule has 1 aromatic heterocycles. The summed E-state index contributed by atoms with van der Waals surface area (Å²) in [6, 6.07) is 1.64. The van der Waals surface area contributed by atoms with Crippen molar-refractivity contribution >= 4 is 21.4 Å². The molecule has 0 amide bonds. The van der Waals surface area contributed by atoms with Gasteiger partial charge in [0, 0.05) is 36.6 Å². The third-order valence-corrected chi connectivity index (χ3v) is 5.02. The van der Waals surface area contributed by atoms with E-state index in [1.54, 1.807) is 20.1 Å². The molecule has 7 heteroatoms. The first-order chi connectivity index (χ1) is 8.01. The first-order valence-corrected chi connectivity index (χ1v) is 7.59. The number of ether oxygens (including phenoxy) is 1. The minimum Gasteiger partial charge on any atom is -0.385 e. The summed E-state index contributed by atoms with van der Waals surface area (Å²) >= 11 is 1.42. The van der Waals surface area contributed by atoms with E-state index in [0.717, 1.165) is 9.75 Å². The maximum absolute atomic E-state index is 12.0. The Balaban J connectivity index is 2.72. The molecule has 0 fully saturated rings. The highest BCUT2D eigenvalue weighted by Gasteiger charge is 2.18. The number of aryl methyl sites for hydroxylation is 1. The highest BCUT2D eigenvalue weighted by Crippen LogP contribution is 2.25. The van der Waals surface area contributed by atoms with Gasteiger partial charge in [-0.1, -0.05) is 0 Å². The van der Waals surface area contributed by atoms with Crippen LogP contribution in [0.2, 0.25) is 0 Å². The van der Waals surface area contributed by atoms with Crippen LogP contribution < -0.4 is 10.5 Å². The zero-order chi connectivity index (χ0) is 12.9. The van der Waals surface area contributed by atoms with Crippen LogP contribution in [0.4, 0.5) is 0 Å². The predicted octanol–water partition coefficient (Wildman–Crippen LogP) is 0.830. The molecule has 17 heavy (non-hydrogen) atoms. The zero-order valence-corrected chi connectivity index (χ0v) is 11.7. The Kier molecular flexibility index (Phi) is 5.54. The van der Waals surface area contributed by atoms with Gasteiger partial charge in [-0.25, -0.2) is 13.1 Å². The van der Waals surface area contributed by atoms with E-state index in [0.29, 0.717) is 31.0 Å². The van der Waals surface area contributed by atoms with Crippen LogP contribution in [0.25, 0.3) is 0 Å². The number of rotatable bonds is 7. The molecule has 5 nitrogen and oxygen atoms in total. The Hall–Kier alpha value is -0.470. The molecule has 0 unspecified atom stereocenters. The van der Waals surface area contributed by atoms with Crippen molar-refractivity contribution in [1.29, 1.82) is 0 Å². The number of nitrogens with one attached hydrogen (secondary N) is 1. The number of hydrogen-bond donors (Lipinski definition) is 2. The van der Waals surface area contributed by atoms with Crippen LogP contribution >= 0.6 is 11.3 Å². The molecule has 0 saturated carbocycles. The standard InChI is InChI=1S/C10H18N2O3S2/c1-8-10(6-9(7-11)16-8)17(13,14)12-4-3-5-15-2/h6,12H,3-5,7,11H2,1-2H3. The molecule has 0 radical (unpaired) electrons. The Bertz CT molecular complexity index is 454. The van der Waals surface area contributed by atoms with Crippen LogP contribution in [-0.2, 0) is 21.3 Å². The highest BCUT2D eigenvalue weighted by atomic mass is 32.2. The lowest BCUT2D eigenvalue weighted by Gasteiger charge is -2.05. The lowest BCUT2D eigenvalue weighted by Crippen LogP contribution is -2.25. The van der Waals surface area contributed by atoms with Gasteiger partial charge < -0.3 is 10.5 Å². The van der Waals surface area contributed by atoms with Gasteiger partial charge in [-0.05, 0) is 19.4 Å². The molecule has 1 rings (SSSR count). The second-order valence-corrected chi connectivity index (χ2v) is 6.66. The van der Waals surface area contributed by atoms with Gasteiger partial charge in [-0.3, -0.25) is 0 Å². The largest absolute Gasteiger partial charge is 0.385 e. The Labute approximate surface area is 106 Å². The van der Waals surface area contributed by atoms with Crippen LogP contribution in [0.5, 0.6) is 0 Å². The van der Waals surface area contributed by atoms with Crippen molar-refractivity contribution < 1.29 is 13.2 Å². The summed E-state index contributed by atoms with van der Waals surface area (Å²) in [5, 5.41) is 0. The van der Waals surface area contributed by atoms with E-state index in [1.807, 2.05) is 0 Å². The molecule has 0 saturated heterocycles. The Morgan fingerprint density at radius 2 is 2.24 bits per heavy atom. The van der Waals surface area contributed by atoms with Crippen molar-refractivity contribution in [3.05, 3.63) is 15.8 Å². The summed E-state index contributed by atoms with van der Waals surface area (Å²) in [7, 11) is -1.82. The van der Waals surface area contributed by atoms with Gasteiger partial charge in [0.05, 0.1) is 4.90 Å². The van der Waals surface area contributed by atoms with Crippen molar-refractivity contribution in [3.63, 3.8) is 0 Å². The molecule has 1 heterocycles. The summed E-state index contributed by atoms with van der Waals surface area (Å²) < 4.78 is 31.3. The quantitative estimate of drug-likeness (QED) is 0.724. The molecule has 3 N–H and O–H groups in total. The number of thiophene rings is 1. The first kappa shape index (κ1) is 14.6. The topological polar surface area (TPSA) is 81.4 Å². The SMILES string of the molecule is COCCCNS(=O)(=O)c1cc(CN)sc1C. The molecule has 0 aromatic carbocycles. The van der Waals surface area contributed by atoms with Crippen LogP contribution in [0.1, 0.15) is 16.2 Å². The van der Waals surface area contributed by atoms with Crippen molar-refractivity contribution in [2.24, 2.45) is 5.73 Å². The van der Waals surface area contributed by atoms with Gasteiger partial charge in [-0.2, -0.15) is 0 Å². The van der Waals surface area contributed by atoms with Crippen molar-refractivity contribution in [3.8, 4) is 0 Å². The first-order valence-electron chi connectivity index (χ1n) is 5.29.